The van der Waals surface area contributed by atoms with Crippen LogP contribution in [0.2, 0.25) is 0 Å². The molecule has 0 saturated carbocycles. The van der Waals surface area contributed by atoms with Gasteiger partial charge in [0.05, 0.1) is 36.6 Å². The summed E-state index contributed by atoms with van der Waals surface area (Å²) in [5, 5.41) is 13.9. The molecule has 3 aliphatic heterocycles. The Labute approximate surface area is 325 Å². The molecule has 3 amide bonds. The second-order valence-corrected chi connectivity index (χ2v) is 15.6. The molecule has 3 aliphatic rings. The average Bonchev–Trinajstić information content (AvgIpc) is 3.76. The minimum Gasteiger partial charge on any atom is -0.455 e. The van der Waals surface area contributed by atoms with Gasteiger partial charge in [-0.1, -0.05) is 107 Å². The maximum Gasteiger partial charge on any atom is 0.313 e. The van der Waals surface area contributed by atoms with E-state index in [1.54, 1.807) is 36.1 Å². The summed E-state index contributed by atoms with van der Waals surface area (Å²) >= 11 is 3.77. The molecule has 3 aromatic rings. The number of hydrogen-bond donors (Lipinski definition) is 2. The number of benzene rings is 3. The molecule has 0 aromatic heterocycles. The number of allylic oxidation sites excluding steroid dienone is 1. The summed E-state index contributed by atoms with van der Waals surface area (Å²) in [4.78, 5) is 60.6. The van der Waals surface area contributed by atoms with Crippen LogP contribution in [-0.4, -0.2) is 75.5 Å². The number of esters is 1. The number of amides is 3. The fraction of sp³-hybridized carbons (Fsp3) is 0.395. The van der Waals surface area contributed by atoms with Crippen molar-refractivity contribution in [3.05, 3.63) is 126 Å². The molecule has 3 saturated heterocycles. The molecule has 3 heterocycles. The van der Waals surface area contributed by atoms with Crippen LogP contribution >= 0.6 is 15.9 Å². The minimum absolute atomic E-state index is 0.154. The van der Waals surface area contributed by atoms with E-state index >= 15 is 9.59 Å². The van der Waals surface area contributed by atoms with Gasteiger partial charge in [-0.25, -0.2) is 0 Å². The van der Waals surface area contributed by atoms with Crippen LogP contribution in [0.5, 0.6) is 0 Å². The van der Waals surface area contributed by atoms with E-state index in [-0.39, 0.29) is 25.3 Å². The number of likely N-dealkylation sites (tertiary alicyclic amines) is 1. The van der Waals surface area contributed by atoms with E-state index in [0.717, 1.165) is 11.1 Å². The lowest BCUT2D eigenvalue weighted by molar-refractivity contribution is -0.162. The van der Waals surface area contributed by atoms with Gasteiger partial charge < -0.3 is 29.7 Å². The second kappa shape index (κ2) is 16.4. The fourth-order valence-electron chi connectivity index (χ4n) is 8.72. The molecule has 0 aliphatic carbocycles. The third kappa shape index (κ3) is 7.05. The van der Waals surface area contributed by atoms with E-state index in [0.29, 0.717) is 23.2 Å². The Hall–Kier alpha value is -4.58. The van der Waals surface area contributed by atoms with E-state index in [9.17, 15) is 14.7 Å². The molecule has 1 unspecified atom stereocenters. The molecule has 0 radical (unpaired) electrons. The van der Waals surface area contributed by atoms with Crippen LogP contribution in [0.4, 0.5) is 5.69 Å². The predicted octanol–water partition coefficient (Wildman–Crippen LogP) is 6.06. The maximum atomic E-state index is 15.3. The normalized spacial score (nSPS) is 25.7. The van der Waals surface area contributed by atoms with Gasteiger partial charge in [-0.3, -0.25) is 19.2 Å². The molecule has 3 fully saturated rings. The number of nitrogens with zero attached hydrogens (tertiary/aromatic N) is 2. The quantitative estimate of drug-likeness (QED) is 0.109. The van der Waals surface area contributed by atoms with Crippen molar-refractivity contribution in [1.82, 2.24) is 10.2 Å². The SMILES string of the molecule is C=CCCC(=O)N[C@H](C)[C@@H](OC(=O)[C@H]1[C@@H]2O[C@@]3(CC2Br)[C@@H]1C(=O)N([C@H](CO)c1ccccc1)[C@@H]3C(=O)N(CC=C)c1c(C)cccc1C)c1ccccc1. The molecular weight excluding hydrogens is 750 g/mol. The van der Waals surface area contributed by atoms with Gasteiger partial charge in [0.1, 0.15) is 17.7 Å². The minimum atomic E-state index is -1.43. The highest BCUT2D eigenvalue weighted by Gasteiger charge is 2.78. The highest BCUT2D eigenvalue weighted by atomic mass is 79.9. The number of anilines is 1. The smallest absolute Gasteiger partial charge is 0.313 e. The van der Waals surface area contributed by atoms with Crippen LogP contribution in [0.1, 0.15) is 60.6 Å². The number of aliphatic hydroxyl groups is 1. The van der Waals surface area contributed by atoms with Gasteiger partial charge in [0.15, 0.2) is 0 Å². The zero-order chi connectivity index (χ0) is 38.7. The van der Waals surface area contributed by atoms with E-state index in [2.05, 4.69) is 34.4 Å². The Morgan fingerprint density at radius 3 is 2.24 bits per heavy atom. The maximum absolute atomic E-state index is 15.3. The zero-order valence-corrected chi connectivity index (χ0v) is 32.5. The summed E-state index contributed by atoms with van der Waals surface area (Å²) in [7, 11) is 0. The highest BCUT2D eigenvalue weighted by Crippen LogP contribution is 2.62. The predicted molar refractivity (Wildman–Crippen MR) is 210 cm³/mol. The molecule has 9 atom stereocenters. The lowest BCUT2D eigenvalue weighted by Crippen LogP contribution is -2.58. The van der Waals surface area contributed by atoms with Crippen LogP contribution in [0.3, 0.4) is 0 Å². The number of fused-ring (bicyclic) bond motifs is 1. The number of para-hydroxylation sites is 1. The molecule has 284 valence electrons. The Kier molecular flexibility index (Phi) is 11.9. The summed E-state index contributed by atoms with van der Waals surface area (Å²) in [6.45, 7) is 12.9. The monoisotopic (exact) mass is 797 g/mol. The van der Waals surface area contributed by atoms with Crippen molar-refractivity contribution < 1.29 is 33.8 Å². The van der Waals surface area contributed by atoms with Gasteiger partial charge in [-0.2, -0.15) is 0 Å². The molecular formula is C43H48BrN3O7. The van der Waals surface area contributed by atoms with Gasteiger partial charge >= 0.3 is 5.97 Å². The molecule has 11 heteroatoms. The van der Waals surface area contributed by atoms with Gasteiger partial charge in [0.25, 0.3) is 5.91 Å². The van der Waals surface area contributed by atoms with Crippen molar-refractivity contribution >= 4 is 45.3 Å². The number of nitrogens with one attached hydrogen (secondary N) is 1. The summed E-state index contributed by atoms with van der Waals surface area (Å²) < 4.78 is 13.2. The second-order valence-electron chi connectivity index (χ2n) is 14.4. The Balaban J connectivity index is 1.43. The van der Waals surface area contributed by atoms with Crippen molar-refractivity contribution in [2.75, 3.05) is 18.1 Å². The van der Waals surface area contributed by atoms with Crippen LogP contribution in [-0.2, 0) is 28.7 Å². The van der Waals surface area contributed by atoms with E-state index < -0.39 is 77.0 Å². The first kappa shape index (κ1) is 39.1. The first-order chi connectivity index (χ1) is 26.0. The summed E-state index contributed by atoms with van der Waals surface area (Å²) in [6, 6.07) is 21.3. The number of aryl methyl sites for hydroxylation is 2. The van der Waals surface area contributed by atoms with Crippen molar-refractivity contribution in [3.63, 3.8) is 0 Å². The molecule has 54 heavy (non-hydrogen) atoms. The van der Waals surface area contributed by atoms with Crippen LogP contribution in [0, 0.1) is 25.7 Å². The van der Waals surface area contributed by atoms with Gasteiger partial charge in [0, 0.05) is 23.5 Å². The molecule has 3 aromatic carbocycles. The van der Waals surface area contributed by atoms with Crippen molar-refractivity contribution in [3.8, 4) is 0 Å². The Morgan fingerprint density at radius 1 is 1.02 bits per heavy atom. The Bertz CT molecular complexity index is 1870. The van der Waals surface area contributed by atoms with Gasteiger partial charge in [-0.15, -0.1) is 13.2 Å². The van der Waals surface area contributed by atoms with E-state index in [1.807, 2.05) is 80.6 Å². The standard InChI is InChI=1S/C43H48BrN3O7/c1-6-8-22-33(49)45-28(5)37(30-20-13-10-14-21-30)53-42(52)34-35-40(50)47(32(25-48)29-18-11-9-12-19-29)39(43(35)24-31(44)38(34)54-43)41(51)46(23-7-2)36-26(3)16-15-17-27(36)4/h6-7,9-21,28,31-32,34-35,37-39,48H,1-2,8,22-25H2,3-5H3,(H,45,49)/t28-,31?,32-,34-,35+,37-,38-,39-,43+/m1/s1. The van der Waals surface area contributed by atoms with E-state index in [4.69, 9.17) is 9.47 Å². The Morgan fingerprint density at radius 2 is 1.65 bits per heavy atom. The highest BCUT2D eigenvalue weighted by molar-refractivity contribution is 9.09. The third-order valence-electron chi connectivity index (χ3n) is 11.0. The van der Waals surface area contributed by atoms with Crippen molar-refractivity contribution in [1.29, 1.82) is 0 Å². The number of hydrogen-bond acceptors (Lipinski definition) is 7. The topological polar surface area (TPSA) is 125 Å². The average molecular weight is 799 g/mol. The van der Waals surface area contributed by atoms with Gasteiger partial charge in [0.2, 0.25) is 11.8 Å². The lowest BCUT2D eigenvalue weighted by atomic mass is 9.70. The summed E-state index contributed by atoms with van der Waals surface area (Å²) in [6.07, 6.45) is 2.63. The first-order valence-corrected chi connectivity index (χ1v) is 19.3. The summed E-state index contributed by atoms with van der Waals surface area (Å²) in [5.41, 5.74) is 2.31. The molecule has 6 rings (SSSR count). The molecule has 10 nitrogen and oxygen atoms in total. The van der Waals surface area contributed by atoms with E-state index in [1.165, 1.54) is 4.90 Å². The largest absolute Gasteiger partial charge is 0.455 e. The number of aliphatic hydroxyl groups excluding tert-OH is 1. The van der Waals surface area contributed by atoms with Crippen LogP contribution in [0.25, 0.3) is 0 Å². The zero-order valence-electron chi connectivity index (χ0n) is 30.9. The van der Waals surface area contributed by atoms with Crippen molar-refractivity contribution in [2.24, 2.45) is 11.8 Å². The number of carbonyl (C=O) groups is 4. The lowest BCUT2D eigenvalue weighted by Gasteiger charge is -2.40. The first-order valence-electron chi connectivity index (χ1n) is 18.4. The van der Waals surface area contributed by atoms with Gasteiger partial charge in [-0.05, 0) is 55.9 Å². The molecule has 2 bridgehead atoms. The number of carbonyl (C=O) groups excluding carboxylic acids is 4. The van der Waals surface area contributed by atoms with Crippen LogP contribution in [0.15, 0.2) is 104 Å². The molecule has 1 spiro atoms. The fourth-order valence-corrected chi connectivity index (χ4v) is 9.66. The third-order valence-corrected chi connectivity index (χ3v) is 11.8. The number of halogens is 1. The van der Waals surface area contributed by atoms with Crippen molar-refractivity contribution in [2.45, 2.75) is 80.8 Å². The number of rotatable bonds is 15. The molecule has 2 N–H and O–H groups in total. The number of ether oxygens (including phenoxy) is 2. The number of alkyl halides is 1. The van der Waals surface area contributed by atoms with Crippen LogP contribution < -0.4 is 10.2 Å². The summed E-state index contributed by atoms with van der Waals surface area (Å²) in [5.74, 6) is -3.93.